The van der Waals surface area contributed by atoms with Crippen molar-refractivity contribution in [3.63, 3.8) is 0 Å². The van der Waals surface area contributed by atoms with E-state index >= 15 is 0 Å². The first-order valence-electron chi connectivity index (χ1n) is 7.86. The molecule has 0 saturated carbocycles. The molecule has 2 fully saturated rings. The average Bonchev–Trinajstić information content (AvgIpc) is 3.25. The third kappa shape index (κ3) is 2.13. The largest absolute Gasteiger partial charge is 0.496 e. The Bertz CT molecular complexity index is 742. The van der Waals surface area contributed by atoms with Crippen LogP contribution >= 0.6 is 0 Å². The van der Waals surface area contributed by atoms with Gasteiger partial charge in [-0.05, 0) is 25.8 Å². The highest BCUT2D eigenvalue weighted by atomic mass is 16.5. The van der Waals surface area contributed by atoms with Crippen molar-refractivity contribution in [2.24, 2.45) is 0 Å². The number of para-hydroxylation sites is 1. The summed E-state index contributed by atoms with van der Waals surface area (Å²) in [4.78, 5) is 16.9. The SMILES string of the molecule is COc1ccccc1C1N(c2cc(C)on2)C(=O)C2CCCN21. The normalized spacial score (nSPS) is 24.3. The number of carbonyl (C=O) groups excluding carboxylic acids is 1. The standard InChI is InChI=1S/C17H19N3O3/c1-11-10-15(18-23-11)20-16(12-6-3-4-8-14(12)22-2)19-9-5-7-13(19)17(20)21/h3-4,6,8,10,13,16H,5,7,9H2,1-2H3. The van der Waals surface area contributed by atoms with Crippen LogP contribution in [0.4, 0.5) is 5.82 Å². The second-order valence-electron chi connectivity index (χ2n) is 6.02. The number of rotatable bonds is 3. The summed E-state index contributed by atoms with van der Waals surface area (Å²) in [5.74, 6) is 2.13. The van der Waals surface area contributed by atoms with Crippen LogP contribution in [0.2, 0.25) is 0 Å². The molecule has 0 aliphatic carbocycles. The first kappa shape index (κ1) is 14.3. The molecule has 0 N–H and O–H groups in total. The van der Waals surface area contributed by atoms with Crippen molar-refractivity contribution in [1.82, 2.24) is 10.1 Å². The zero-order valence-corrected chi connectivity index (χ0v) is 13.2. The van der Waals surface area contributed by atoms with E-state index in [0.717, 1.165) is 30.7 Å². The van der Waals surface area contributed by atoms with Crippen LogP contribution in [-0.2, 0) is 4.79 Å². The van der Waals surface area contributed by atoms with Gasteiger partial charge in [-0.25, -0.2) is 0 Å². The summed E-state index contributed by atoms with van der Waals surface area (Å²) in [6, 6.07) is 9.57. The van der Waals surface area contributed by atoms with E-state index in [1.54, 1.807) is 12.0 Å². The van der Waals surface area contributed by atoms with Gasteiger partial charge in [-0.15, -0.1) is 0 Å². The molecule has 0 spiro atoms. The van der Waals surface area contributed by atoms with Crippen molar-refractivity contribution in [2.75, 3.05) is 18.6 Å². The molecule has 2 saturated heterocycles. The number of hydrogen-bond donors (Lipinski definition) is 0. The lowest BCUT2D eigenvalue weighted by molar-refractivity contribution is -0.119. The van der Waals surface area contributed by atoms with E-state index in [4.69, 9.17) is 9.26 Å². The van der Waals surface area contributed by atoms with Crippen molar-refractivity contribution in [1.29, 1.82) is 0 Å². The molecule has 120 valence electrons. The summed E-state index contributed by atoms with van der Waals surface area (Å²) in [5.41, 5.74) is 0.980. The van der Waals surface area contributed by atoms with Crippen molar-refractivity contribution < 1.29 is 14.1 Å². The van der Waals surface area contributed by atoms with Crippen molar-refractivity contribution in [2.45, 2.75) is 32.0 Å². The molecule has 4 rings (SSSR count). The first-order chi connectivity index (χ1) is 11.2. The van der Waals surface area contributed by atoms with Crippen LogP contribution in [0.3, 0.4) is 0 Å². The number of carbonyl (C=O) groups is 1. The predicted octanol–water partition coefficient (Wildman–Crippen LogP) is 2.50. The molecule has 1 aromatic heterocycles. The van der Waals surface area contributed by atoms with Crippen molar-refractivity contribution in [3.8, 4) is 5.75 Å². The van der Waals surface area contributed by atoms with Crippen LogP contribution < -0.4 is 9.64 Å². The highest BCUT2D eigenvalue weighted by Crippen LogP contribution is 2.44. The lowest BCUT2D eigenvalue weighted by Gasteiger charge is -2.29. The molecule has 6 nitrogen and oxygen atoms in total. The van der Waals surface area contributed by atoms with E-state index in [1.165, 1.54) is 0 Å². The van der Waals surface area contributed by atoms with Gasteiger partial charge in [0.2, 0.25) is 5.91 Å². The Kier molecular flexibility index (Phi) is 3.34. The van der Waals surface area contributed by atoms with E-state index in [-0.39, 0.29) is 18.1 Å². The second-order valence-corrected chi connectivity index (χ2v) is 6.02. The maximum absolute atomic E-state index is 12.9. The fraction of sp³-hybridized carbons (Fsp3) is 0.412. The van der Waals surface area contributed by atoms with Crippen LogP contribution in [0.1, 0.15) is 30.3 Å². The van der Waals surface area contributed by atoms with Crippen LogP contribution in [0.5, 0.6) is 5.75 Å². The molecule has 6 heteroatoms. The predicted molar refractivity (Wildman–Crippen MR) is 84.2 cm³/mol. The van der Waals surface area contributed by atoms with Gasteiger partial charge in [0.05, 0.1) is 13.2 Å². The molecular weight excluding hydrogens is 294 g/mol. The maximum Gasteiger partial charge on any atom is 0.247 e. The molecule has 2 aromatic rings. The Hall–Kier alpha value is -2.34. The van der Waals surface area contributed by atoms with Gasteiger partial charge in [-0.1, -0.05) is 23.4 Å². The number of anilines is 1. The van der Waals surface area contributed by atoms with Gasteiger partial charge >= 0.3 is 0 Å². The van der Waals surface area contributed by atoms with E-state index in [2.05, 4.69) is 10.1 Å². The molecule has 0 radical (unpaired) electrons. The van der Waals surface area contributed by atoms with Gasteiger partial charge in [-0.2, -0.15) is 0 Å². The number of ether oxygens (including phenoxy) is 1. The number of benzene rings is 1. The fourth-order valence-electron chi connectivity index (χ4n) is 3.68. The summed E-state index contributed by atoms with van der Waals surface area (Å²) < 4.78 is 10.7. The minimum absolute atomic E-state index is 0.0816. The van der Waals surface area contributed by atoms with Crippen LogP contribution in [-0.4, -0.2) is 35.7 Å². The maximum atomic E-state index is 12.9. The molecule has 1 aromatic carbocycles. The van der Waals surface area contributed by atoms with E-state index < -0.39 is 0 Å². The lowest BCUT2D eigenvalue weighted by atomic mass is 10.1. The van der Waals surface area contributed by atoms with Crippen LogP contribution in [0.25, 0.3) is 0 Å². The number of methoxy groups -OCH3 is 1. The monoisotopic (exact) mass is 313 g/mol. The minimum atomic E-state index is -0.198. The summed E-state index contributed by atoms with van der Waals surface area (Å²) in [6.07, 6.45) is 1.72. The molecule has 3 heterocycles. The molecule has 2 aliphatic heterocycles. The van der Waals surface area contributed by atoms with Crippen molar-refractivity contribution >= 4 is 11.7 Å². The molecule has 1 amide bonds. The summed E-state index contributed by atoms with van der Waals surface area (Å²) in [5, 5.41) is 4.07. The van der Waals surface area contributed by atoms with Gasteiger partial charge in [0, 0.05) is 18.2 Å². The second kappa shape index (κ2) is 5.38. The molecule has 23 heavy (non-hydrogen) atoms. The average molecular weight is 313 g/mol. The minimum Gasteiger partial charge on any atom is -0.496 e. The Morgan fingerprint density at radius 3 is 2.91 bits per heavy atom. The zero-order valence-electron chi connectivity index (χ0n) is 13.2. The fourth-order valence-corrected chi connectivity index (χ4v) is 3.68. The van der Waals surface area contributed by atoms with Gasteiger partial charge in [0.1, 0.15) is 17.7 Å². The summed E-state index contributed by atoms with van der Waals surface area (Å²) in [7, 11) is 1.65. The van der Waals surface area contributed by atoms with Gasteiger partial charge in [0.15, 0.2) is 5.82 Å². The molecule has 2 unspecified atom stereocenters. The number of aromatic nitrogens is 1. The molecule has 2 atom stereocenters. The van der Waals surface area contributed by atoms with Crippen molar-refractivity contribution in [3.05, 3.63) is 41.7 Å². The van der Waals surface area contributed by atoms with E-state index in [1.807, 2.05) is 37.3 Å². The Morgan fingerprint density at radius 2 is 2.17 bits per heavy atom. The Morgan fingerprint density at radius 1 is 1.35 bits per heavy atom. The topological polar surface area (TPSA) is 58.8 Å². The number of fused-ring (bicyclic) bond motifs is 1. The molecule has 2 aliphatic rings. The van der Waals surface area contributed by atoms with Gasteiger partial charge < -0.3 is 9.26 Å². The van der Waals surface area contributed by atoms with E-state index in [9.17, 15) is 4.79 Å². The summed E-state index contributed by atoms with van der Waals surface area (Å²) in [6.45, 7) is 2.72. The zero-order chi connectivity index (χ0) is 16.0. The van der Waals surface area contributed by atoms with Gasteiger partial charge in [0.25, 0.3) is 0 Å². The third-order valence-electron chi connectivity index (χ3n) is 4.65. The van der Waals surface area contributed by atoms with Crippen LogP contribution in [0.15, 0.2) is 34.9 Å². The highest BCUT2D eigenvalue weighted by Gasteiger charge is 2.50. The number of amides is 1. The number of aryl methyl sites for hydroxylation is 1. The van der Waals surface area contributed by atoms with Crippen LogP contribution in [0, 0.1) is 6.92 Å². The van der Waals surface area contributed by atoms with E-state index in [0.29, 0.717) is 11.6 Å². The molecular formula is C17H19N3O3. The highest BCUT2D eigenvalue weighted by molar-refractivity contribution is 5.99. The Balaban J connectivity index is 1.84. The lowest BCUT2D eigenvalue weighted by Crippen LogP contribution is -2.32. The summed E-state index contributed by atoms with van der Waals surface area (Å²) >= 11 is 0. The molecule has 0 bridgehead atoms. The third-order valence-corrected chi connectivity index (χ3v) is 4.65. The number of hydrogen-bond acceptors (Lipinski definition) is 5. The van der Waals surface area contributed by atoms with Gasteiger partial charge in [-0.3, -0.25) is 14.6 Å². The first-order valence-corrected chi connectivity index (χ1v) is 7.86. The quantitative estimate of drug-likeness (QED) is 0.871. The number of nitrogens with zero attached hydrogens (tertiary/aromatic N) is 3. The smallest absolute Gasteiger partial charge is 0.247 e. The Labute approximate surface area is 134 Å².